The van der Waals surface area contributed by atoms with Crippen molar-refractivity contribution in [3.8, 4) is 5.69 Å². The zero-order chi connectivity index (χ0) is 14.0. The minimum atomic E-state index is 0.283. The Bertz CT molecular complexity index is 561. The van der Waals surface area contributed by atoms with Gasteiger partial charge in [0.1, 0.15) is 0 Å². The molecule has 1 aliphatic carbocycles. The molecule has 0 amide bonds. The molecule has 1 saturated carbocycles. The van der Waals surface area contributed by atoms with Crippen LogP contribution in [0, 0.1) is 5.41 Å². The number of tetrazole rings is 1. The number of rotatable bonds is 3. The van der Waals surface area contributed by atoms with Crippen molar-refractivity contribution < 1.29 is 0 Å². The first-order chi connectivity index (χ1) is 9.67. The van der Waals surface area contributed by atoms with Crippen LogP contribution < -0.4 is 5.32 Å². The van der Waals surface area contributed by atoms with Crippen molar-refractivity contribution in [2.45, 2.75) is 45.6 Å². The largest absolute Gasteiger partial charge is 0.349 e. The van der Waals surface area contributed by atoms with E-state index in [9.17, 15) is 0 Å². The van der Waals surface area contributed by atoms with E-state index in [0.717, 1.165) is 11.6 Å². The average molecular weight is 271 g/mol. The van der Waals surface area contributed by atoms with E-state index in [4.69, 9.17) is 0 Å². The van der Waals surface area contributed by atoms with Crippen molar-refractivity contribution in [2.75, 3.05) is 5.32 Å². The molecule has 1 aromatic heterocycles. The van der Waals surface area contributed by atoms with Gasteiger partial charge in [0.15, 0.2) is 0 Å². The van der Waals surface area contributed by atoms with Gasteiger partial charge >= 0.3 is 0 Å². The molecule has 1 fully saturated rings. The molecule has 2 aromatic rings. The second kappa shape index (κ2) is 5.23. The minimum Gasteiger partial charge on any atom is -0.349 e. The van der Waals surface area contributed by atoms with Crippen LogP contribution in [0.1, 0.15) is 39.5 Å². The molecule has 1 heterocycles. The number of hydrogen-bond donors (Lipinski definition) is 1. The molecule has 1 unspecified atom stereocenters. The van der Waals surface area contributed by atoms with Crippen LogP contribution in [0.3, 0.4) is 0 Å². The number of nitrogens with zero attached hydrogens (tertiary/aromatic N) is 4. The predicted octanol–water partition coefficient (Wildman–Crippen LogP) is 3.04. The summed E-state index contributed by atoms with van der Waals surface area (Å²) in [7, 11) is 0. The van der Waals surface area contributed by atoms with Crippen molar-refractivity contribution in [3.05, 3.63) is 30.3 Å². The van der Waals surface area contributed by atoms with Gasteiger partial charge in [-0.1, -0.05) is 50.0 Å². The fourth-order valence-corrected chi connectivity index (χ4v) is 2.94. The van der Waals surface area contributed by atoms with Crippen LogP contribution in [0.15, 0.2) is 30.3 Å². The van der Waals surface area contributed by atoms with Gasteiger partial charge in [-0.05, 0) is 40.8 Å². The van der Waals surface area contributed by atoms with Gasteiger partial charge in [0.2, 0.25) is 5.95 Å². The fraction of sp³-hybridized carbons (Fsp3) is 0.533. The number of hydrogen-bond acceptors (Lipinski definition) is 4. The molecule has 5 nitrogen and oxygen atoms in total. The third kappa shape index (κ3) is 2.53. The fourth-order valence-electron chi connectivity index (χ4n) is 2.94. The van der Waals surface area contributed by atoms with Crippen LogP contribution in [-0.2, 0) is 0 Å². The summed E-state index contributed by atoms with van der Waals surface area (Å²) >= 11 is 0. The monoisotopic (exact) mass is 271 g/mol. The highest BCUT2D eigenvalue weighted by Crippen LogP contribution is 2.37. The molecular weight excluding hydrogens is 250 g/mol. The van der Waals surface area contributed by atoms with E-state index in [2.05, 4.69) is 34.7 Å². The molecule has 0 radical (unpaired) electrons. The van der Waals surface area contributed by atoms with Crippen LogP contribution >= 0.6 is 0 Å². The summed E-state index contributed by atoms with van der Waals surface area (Å²) in [6.07, 6.45) is 5.01. The summed E-state index contributed by atoms with van der Waals surface area (Å²) in [6.45, 7) is 4.64. The lowest BCUT2D eigenvalue weighted by molar-refractivity contribution is 0.216. The summed E-state index contributed by atoms with van der Waals surface area (Å²) in [5.41, 5.74) is 1.26. The van der Waals surface area contributed by atoms with Gasteiger partial charge in [-0.2, -0.15) is 4.68 Å². The van der Waals surface area contributed by atoms with Crippen molar-refractivity contribution in [3.63, 3.8) is 0 Å². The predicted molar refractivity (Wildman–Crippen MR) is 78.8 cm³/mol. The van der Waals surface area contributed by atoms with Gasteiger partial charge < -0.3 is 5.32 Å². The highest BCUT2D eigenvalue weighted by atomic mass is 15.6. The number of benzene rings is 1. The molecule has 1 atom stereocenters. The maximum atomic E-state index is 4.14. The molecule has 0 bridgehead atoms. The Morgan fingerprint density at radius 3 is 2.75 bits per heavy atom. The molecule has 0 spiro atoms. The van der Waals surface area contributed by atoms with Gasteiger partial charge in [0.05, 0.1) is 5.69 Å². The summed E-state index contributed by atoms with van der Waals surface area (Å²) in [4.78, 5) is 0. The highest BCUT2D eigenvalue weighted by molar-refractivity contribution is 5.39. The van der Waals surface area contributed by atoms with E-state index in [1.807, 2.05) is 30.3 Å². The molecule has 1 aromatic carbocycles. The Kier molecular flexibility index (Phi) is 3.42. The van der Waals surface area contributed by atoms with Crippen LogP contribution in [0.2, 0.25) is 0 Å². The molecular formula is C15H21N5. The Hall–Kier alpha value is -1.91. The Morgan fingerprint density at radius 2 is 2.00 bits per heavy atom. The Balaban J connectivity index is 1.84. The van der Waals surface area contributed by atoms with Gasteiger partial charge in [-0.15, -0.1) is 0 Å². The lowest BCUT2D eigenvalue weighted by atomic mass is 9.73. The molecule has 106 valence electrons. The van der Waals surface area contributed by atoms with Gasteiger partial charge in [-0.25, -0.2) is 0 Å². The molecule has 0 aliphatic heterocycles. The van der Waals surface area contributed by atoms with Gasteiger partial charge in [-0.3, -0.25) is 0 Å². The van der Waals surface area contributed by atoms with Crippen molar-refractivity contribution in [1.82, 2.24) is 20.2 Å². The van der Waals surface area contributed by atoms with Gasteiger partial charge in [0.25, 0.3) is 0 Å². The number of anilines is 1. The SMILES string of the molecule is CC1(C)CCCCC1Nc1nnnn1-c1ccccc1. The van der Waals surface area contributed by atoms with Gasteiger partial charge in [0, 0.05) is 6.04 Å². The molecule has 5 heteroatoms. The summed E-state index contributed by atoms with van der Waals surface area (Å²) in [6, 6.07) is 10.4. The van der Waals surface area contributed by atoms with Crippen LogP contribution in [-0.4, -0.2) is 26.2 Å². The van der Waals surface area contributed by atoms with Crippen molar-refractivity contribution in [1.29, 1.82) is 0 Å². The smallest absolute Gasteiger partial charge is 0.247 e. The van der Waals surface area contributed by atoms with Crippen LogP contribution in [0.25, 0.3) is 5.69 Å². The third-order valence-electron chi connectivity index (χ3n) is 4.28. The molecule has 1 N–H and O–H groups in total. The Morgan fingerprint density at radius 1 is 1.20 bits per heavy atom. The van der Waals surface area contributed by atoms with Crippen LogP contribution in [0.4, 0.5) is 5.95 Å². The van der Waals surface area contributed by atoms with Crippen LogP contribution in [0.5, 0.6) is 0 Å². The number of para-hydroxylation sites is 1. The molecule has 1 aliphatic rings. The second-order valence-electron chi connectivity index (χ2n) is 6.18. The maximum absolute atomic E-state index is 4.14. The van der Waals surface area contributed by atoms with Crippen molar-refractivity contribution in [2.24, 2.45) is 5.41 Å². The summed E-state index contributed by atoms with van der Waals surface area (Å²) in [5.74, 6) is 0.733. The zero-order valence-electron chi connectivity index (χ0n) is 12.1. The van der Waals surface area contributed by atoms with E-state index < -0.39 is 0 Å². The normalized spacial score (nSPS) is 21.6. The minimum absolute atomic E-state index is 0.283. The number of nitrogens with one attached hydrogen (secondary N) is 1. The first-order valence-electron chi connectivity index (χ1n) is 7.27. The first kappa shape index (κ1) is 13.1. The molecule has 20 heavy (non-hydrogen) atoms. The zero-order valence-corrected chi connectivity index (χ0v) is 12.1. The van der Waals surface area contributed by atoms with E-state index in [1.54, 1.807) is 4.68 Å². The highest BCUT2D eigenvalue weighted by Gasteiger charge is 2.33. The summed E-state index contributed by atoms with van der Waals surface area (Å²) < 4.78 is 1.77. The third-order valence-corrected chi connectivity index (χ3v) is 4.28. The topological polar surface area (TPSA) is 55.6 Å². The van der Waals surface area contributed by atoms with E-state index in [1.165, 1.54) is 25.7 Å². The molecule has 0 saturated heterocycles. The standard InChI is InChI=1S/C15H21N5/c1-15(2)11-7-6-10-13(15)16-14-17-18-19-20(14)12-8-4-3-5-9-12/h3-5,8-9,13H,6-7,10-11H2,1-2H3,(H,16,17,19). The average Bonchev–Trinajstić information content (AvgIpc) is 2.90. The van der Waals surface area contributed by atoms with Crippen molar-refractivity contribution >= 4 is 5.95 Å². The van der Waals surface area contributed by atoms with E-state index in [0.29, 0.717) is 6.04 Å². The maximum Gasteiger partial charge on any atom is 0.247 e. The first-order valence-corrected chi connectivity index (χ1v) is 7.27. The quantitative estimate of drug-likeness (QED) is 0.932. The lowest BCUT2D eigenvalue weighted by Crippen LogP contribution is -2.39. The Labute approximate surface area is 119 Å². The second-order valence-corrected chi connectivity index (χ2v) is 6.18. The van der Waals surface area contributed by atoms with E-state index >= 15 is 0 Å². The molecule has 3 rings (SSSR count). The summed E-state index contributed by atoms with van der Waals surface area (Å²) in [5, 5.41) is 15.6. The van der Waals surface area contributed by atoms with E-state index in [-0.39, 0.29) is 5.41 Å². The lowest BCUT2D eigenvalue weighted by Gasteiger charge is -2.39. The number of aromatic nitrogens is 4.